The predicted octanol–water partition coefficient (Wildman–Crippen LogP) is 2.63. The Kier molecular flexibility index (Phi) is 3.03. The predicted molar refractivity (Wildman–Crippen MR) is 65.1 cm³/mol. The molecule has 14 heavy (non-hydrogen) atoms. The van der Waals surface area contributed by atoms with Gasteiger partial charge >= 0.3 is 0 Å². The third-order valence-corrected chi connectivity index (χ3v) is 2.85. The zero-order chi connectivity index (χ0) is 9.80. The van der Waals surface area contributed by atoms with Gasteiger partial charge < -0.3 is 5.32 Å². The van der Waals surface area contributed by atoms with E-state index in [-0.39, 0.29) is 0 Å². The van der Waals surface area contributed by atoms with E-state index in [0.29, 0.717) is 0 Å². The van der Waals surface area contributed by atoms with Gasteiger partial charge in [0.25, 0.3) is 0 Å². The van der Waals surface area contributed by atoms with Crippen LogP contribution in [0.4, 0.5) is 5.69 Å². The SMILES string of the molecule is Ic1ccccc1NCc1cn[nH]c1. The van der Waals surface area contributed by atoms with Crippen LogP contribution in [-0.4, -0.2) is 10.2 Å². The third-order valence-electron chi connectivity index (χ3n) is 1.91. The molecule has 0 atom stereocenters. The molecule has 0 amide bonds. The summed E-state index contributed by atoms with van der Waals surface area (Å²) in [6.45, 7) is 0.802. The van der Waals surface area contributed by atoms with E-state index in [1.807, 2.05) is 24.5 Å². The summed E-state index contributed by atoms with van der Waals surface area (Å²) in [5.41, 5.74) is 2.32. The van der Waals surface area contributed by atoms with Crippen LogP contribution >= 0.6 is 22.6 Å². The molecule has 2 N–H and O–H groups in total. The number of H-pyrrole nitrogens is 1. The Hall–Kier alpha value is -1.04. The highest BCUT2D eigenvalue weighted by molar-refractivity contribution is 14.1. The molecule has 0 fully saturated rings. The molecule has 0 spiro atoms. The number of halogens is 1. The van der Waals surface area contributed by atoms with Crippen molar-refractivity contribution in [2.45, 2.75) is 6.54 Å². The first-order valence-corrected chi connectivity index (χ1v) is 5.40. The van der Waals surface area contributed by atoms with Crippen LogP contribution in [0.5, 0.6) is 0 Å². The van der Waals surface area contributed by atoms with Gasteiger partial charge in [0.1, 0.15) is 0 Å². The summed E-state index contributed by atoms with van der Waals surface area (Å²) in [6, 6.07) is 8.21. The molecule has 0 aliphatic rings. The second-order valence-electron chi connectivity index (χ2n) is 2.94. The quantitative estimate of drug-likeness (QED) is 0.855. The number of nitrogens with zero attached hydrogens (tertiary/aromatic N) is 1. The fourth-order valence-corrected chi connectivity index (χ4v) is 1.75. The van der Waals surface area contributed by atoms with E-state index < -0.39 is 0 Å². The molecule has 0 unspecified atom stereocenters. The van der Waals surface area contributed by atoms with E-state index >= 15 is 0 Å². The maximum atomic E-state index is 3.89. The summed E-state index contributed by atoms with van der Waals surface area (Å²) in [5, 5.41) is 10.0. The first-order valence-electron chi connectivity index (χ1n) is 4.32. The highest BCUT2D eigenvalue weighted by atomic mass is 127. The fraction of sp³-hybridized carbons (Fsp3) is 0.100. The smallest absolute Gasteiger partial charge is 0.0537 e. The lowest BCUT2D eigenvalue weighted by Crippen LogP contribution is -1.99. The fourth-order valence-electron chi connectivity index (χ4n) is 1.18. The van der Waals surface area contributed by atoms with Gasteiger partial charge in [-0.15, -0.1) is 0 Å². The molecule has 72 valence electrons. The van der Waals surface area contributed by atoms with Gasteiger partial charge in [-0.25, -0.2) is 0 Å². The molecule has 1 heterocycles. The van der Waals surface area contributed by atoms with Gasteiger partial charge in [0.05, 0.1) is 6.20 Å². The van der Waals surface area contributed by atoms with Crippen molar-refractivity contribution in [3.8, 4) is 0 Å². The monoisotopic (exact) mass is 299 g/mol. The summed E-state index contributed by atoms with van der Waals surface area (Å²) in [4.78, 5) is 0. The van der Waals surface area contributed by atoms with Crippen LogP contribution < -0.4 is 5.32 Å². The van der Waals surface area contributed by atoms with Crippen LogP contribution in [0.3, 0.4) is 0 Å². The summed E-state index contributed by atoms with van der Waals surface area (Å²) in [6.07, 6.45) is 3.71. The molecule has 0 radical (unpaired) electrons. The van der Waals surface area contributed by atoms with E-state index in [4.69, 9.17) is 0 Å². The number of aromatic amines is 1. The van der Waals surface area contributed by atoms with Gasteiger partial charge in [0.15, 0.2) is 0 Å². The Morgan fingerprint density at radius 1 is 1.36 bits per heavy atom. The van der Waals surface area contributed by atoms with Crippen molar-refractivity contribution in [2.24, 2.45) is 0 Å². The topological polar surface area (TPSA) is 40.7 Å². The Bertz CT molecular complexity index is 398. The van der Waals surface area contributed by atoms with Crippen molar-refractivity contribution in [1.82, 2.24) is 10.2 Å². The molecule has 0 bridgehead atoms. The zero-order valence-electron chi connectivity index (χ0n) is 7.50. The number of anilines is 1. The second-order valence-corrected chi connectivity index (χ2v) is 4.10. The van der Waals surface area contributed by atoms with Crippen LogP contribution in [0.1, 0.15) is 5.56 Å². The van der Waals surface area contributed by atoms with E-state index in [1.54, 1.807) is 0 Å². The third kappa shape index (κ3) is 2.25. The second kappa shape index (κ2) is 4.45. The van der Waals surface area contributed by atoms with E-state index in [9.17, 15) is 0 Å². The normalized spacial score (nSPS) is 10.1. The number of hydrogen-bond acceptors (Lipinski definition) is 2. The summed E-state index contributed by atoms with van der Waals surface area (Å²) < 4.78 is 1.23. The highest BCUT2D eigenvalue weighted by Gasteiger charge is 1.97. The number of benzene rings is 1. The van der Waals surface area contributed by atoms with Crippen molar-refractivity contribution in [1.29, 1.82) is 0 Å². The Balaban J connectivity index is 2.02. The lowest BCUT2D eigenvalue weighted by atomic mass is 10.3. The molecule has 4 heteroatoms. The van der Waals surface area contributed by atoms with Crippen molar-refractivity contribution in [3.05, 3.63) is 45.8 Å². The summed E-state index contributed by atoms with van der Waals surface area (Å²) >= 11 is 2.32. The van der Waals surface area contributed by atoms with Crippen LogP contribution in [0.25, 0.3) is 0 Å². The molecule has 3 nitrogen and oxygen atoms in total. The molecule has 0 aliphatic carbocycles. The largest absolute Gasteiger partial charge is 0.380 e. The van der Waals surface area contributed by atoms with E-state index in [2.05, 4.69) is 50.2 Å². The maximum Gasteiger partial charge on any atom is 0.0537 e. The van der Waals surface area contributed by atoms with Crippen LogP contribution in [0, 0.1) is 3.57 Å². The first kappa shape index (κ1) is 9.51. The van der Waals surface area contributed by atoms with Crippen molar-refractivity contribution in [3.63, 3.8) is 0 Å². The number of nitrogens with one attached hydrogen (secondary N) is 2. The van der Waals surface area contributed by atoms with Crippen LogP contribution in [0.15, 0.2) is 36.7 Å². The van der Waals surface area contributed by atoms with Gasteiger partial charge in [-0.05, 0) is 34.7 Å². The van der Waals surface area contributed by atoms with Gasteiger partial charge in [0, 0.05) is 27.6 Å². The Morgan fingerprint density at radius 2 is 2.21 bits per heavy atom. The summed E-state index contributed by atoms with van der Waals surface area (Å²) in [5.74, 6) is 0. The molecule has 2 rings (SSSR count). The molecule has 0 saturated heterocycles. The molecule has 1 aromatic heterocycles. The van der Waals surface area contributed by atoms with Crippen LogP contribution in [-0.2, 0) is 6.54 Å². The van der Waals surface area contributed by atoms with Crippen LogP contribution in [0.2, 0.25) is 0 Å². The maximum absolute atomic E-state index is 3.89. The number of aromatic nitrogens is 2. The number of rotatable bonds is 3. The highest BCUT2D eigenvalue weighted by Crippen LogP contribution is 2.17. The molecule has 0 saturated carbocycles. The number of hydrogen-bond donors (Lipinski definition) is 2. The Labute approximate surface area is 96.1 Å². The standard InChI is InChI=1S/C10H10IN3/c11-9-3-1-2-4-10(9)12-5-8-6-13-14-7-8/h1-4,6-7,12H,5H2,(H,13,14). The minimum atomic E-state index is 0.802. The Morgan fingerprint density at radius 3 is 2.93 bits per heavy atom. The van der Waals surface area contributed by atoms with Gasteiger partial charge in [-0.3, -0.25) is 5.10 Å². The summed E-state index contributed by atoms with van der Waals surface area (Å²) in [7, 11) is 0. The first-order chi connectivity index (χ1) is 6.86. The lowest BCUT2D eigenvalue weighted by molar-refractivity contribution is 1.09. The minimum Gasteiger partial charge on any atom is -0.380 e. The van der Waals surface area contributed by atoms with Gasteiger partial charge in [0.2, 0.25) is 0 Å². The average Bonchev–Trinajstić information content (AvgIpc) is 2.69. The molecular formula is C10H10IN3. The zero-order valence-corrected chi connectivity index (χ0v) is 9.65. The van der Waals surface area contributed by atoms with Gasteiger partial charge in [-0.1, -0.05) is 12.1 Å². The van der Waals surface area contributed by atoms with E-state index in [0.717, 1.165) is 17.8 Å². The van der Waals surface area contributed by atoms with Gasteiger partial charge in [-0.2, -0.15) is 5.10 Å². The molecular weight excluding hydrogens is 289 g/mol. The van der Waals surface area contributed by atoms with Crippen molar-refractivity contribution in [2.75, 3.05) is 5.32 Å². The number of para-hydroxylation sites is 1. The molecule has 2 aromatic rings. The molecule has 0 aliphatic heterocycles. The van der Waals surface area contributed by atoms with E-state index in [1.165, 1.54) is 3.57 Å². The molecule has 1 aromatic carbocycles. The average molecular weight is 299 g/mol. The minimum absolute atomic E-state index is 0.802. The lowest BCUT2D eigenvalue weighted by Gasteiger charge is -2.06. The van der Waals surface area contributed by atoms with Crippen molar-refractivity contribution < 1.29 is 0 Å². The van der Waals surface area contributed by atoms with Crippen molar-refractivity contribution >= 4 is 28.3 Å².